The summed E-state index contributed by atoms with van der Waals surface area (Å²) in [6, 6.07) is 5.97. The number of imide groups is 1. The summed E-state index contributed by atoms with van der Waals surface area (Å²) in [6.07, 6.45) is 12.9. The largest absolute Gasteiger partial charge is 0.489 e. The van der Waals surface area contributed by atoms with Crippen molar-refractivity contribution in [1.29, 1.82) is 0 Å². The second-order valence-electron chi connectivity index (χ2n) is 18.9. The Balaban J connectivity index is 1.09. The number of nitrogens with zero attached hydrogens (tertiary/aromatic N) is 1. The van der Waals surface area contributed by atoms with Crippen molar-refractivity contribution >= 4 is 47.1 Å². The summed E-state index contributed by atoms with van der Waals surface area (Å²) in [4.78, 5) is 77.6. The van der Waals surface area contributed by atoms with E-state index in [1.165, 1.54) is 16.7 Å². The van der Waals surface area contributed by atoms with Crippen LogP contribution in [0.3, 0.4) is 0 Å². The van der Waals surface area contributed by atoms with Crippen LogP contribution >= 0.6 is 11.8 Å². The Morgan fingerprint density at radius 3 is 2.45 bits per heavy atom. The normalized spacial score (nSPS) is 25.5. The third-order valence-corrected chi connectivity index (χ3v) is 14.5. The molecule has 2 N–H and O–H groups in total. The highest BCUT2D eigenvalue weighted by Crippen LogP contribution is 2.52. The van der Waals surface area contributed by atoms with Crippen molar-refractivity contribution in [3.63, 3.8) is 0 Å². The van der Waals surface area contributed by atoms with Gasteiger partial charge in [0, 0.05) is 79.7 Å². The first-order valence-electron chi connectivity index (χ1n) is 23.1. The number of unbranched alkanes of at least 4 members (excludes halogenated alkanes) is 4. The summed E-state index contributed by atoms with van der Waals surface area (Å²) >= 11 is 1.52. The quantitative estimate of drug-likeness (QED) is 0.0357. The molecule has 2 amide bonds. The summed E-state index contributed by atoms with van der Waals surface area (Å²) in [5.74, 6) is 4.91. The zero-order chi connectivity index (χ0) is 45.0. The highest BCUT2D eigenvalue weighted by molar-refractivity contribution is 8.00. The Kier molecular flexibility index (Phi) is 18.3. The van der Waals surface area contributed by atoms with Crippen molar-refractivity contribution in [2.75, 3.05) is 12.3 Å². The van der Waals surface area contributed by atoms with E-state index in [1.54, 1.807) is 6.92 Å². The Hall–Kier alpha value is -3.95. The lowest BCUT2D eigenvalue weighted by Gasteiger charge is -2.31. The SMILES string of the molecule is CC#CC[C@H](C)[C@@H](/C=C/[C@@H]1[C@H]2c3cccc(CCCC(=O)O)c3O[C@H]2C[C@H]1O)OC(=O)C1CCCCC1C(=O)CCCCCCCSC1CC(=O)N(CCC(=O)C(C)(C)C)C1=O. The van der Waals surface area contributed by atoms with E-state index in [9.17, 15) is 33.9 Å². The lowest BCUT2D eigenvalue weighted by atomic mass is 9.76. The van der Waals surface area contributed by atoms with Crippen molar-refractivity contribution in [3.05, 3.63) is 41.5 Å². The van der Waals surface area contributed by atoms with Crippen LogP contribution in [0, 0.1) is 40.9 Å². The maximum absolute atomic E-state index is 14.0. The number of carbonyl (C=O) groups excluding carboxylic acids is 5. The molecular weight excluding hydrogens is 807 g/mol. The molecule has 0 bridgehead atoms. The van der Waals surface area contributed by atoms with Gasteiger partial charge in [-0.3, -0.25) is 33.7 Å². The van der Waals surface area contributed by atoms with E-state index >= 15 is 0 Å². The minimum atomic E-state index is -0.826. The molecule has 0 spiro atoms. The van der Waals surface area contributed by atoms with Gasteiger partial charge < -0.3 is 19.7 Å². The standard InChI is InChI=1S/C50H69NO10S/c1-6-7-17-32(2)40(26-25-36-39(53)30-41-46(36)37-22-15-18-33(47(37)60-41)19-16-24-45(56)57)61-49(59)35-21-13-12-20-34(35)38(52)23-11-9-8-10-14-29-62-42-31-44(55)51(48(42)58)28-27-43(54)50(3,4)5/h15,18,22,25-26,32,34-36,39-42,46,53H,8-14,16-17,19-21,23-24,27-31H2,1-5H3,(H,56,57)/b26-25+/t32-,34?,35?,36-,39+,40+,41-,42?,46-/m0/s1. The van der Waals surface area contributed by atoms with Crippen molar-refractivity contribution in [3.8, 4) is 17.6 Å². The number of thioether (sulfide) groups is 1. The van der Waals surface area contributed by atoms with Crippen molar-refractivity contribution < 1.29 is 48.5 Å². The number of carboxylic acids is 1. The molecule has 11 nitrogen and oxygen atoms in total. The summed E-state index contributed by atoms with van der Waals surface area (Å²) < 4.78 is 12.7. The van der Waals surface area contributed by atoms with Gasteiger partial charge in [-0.15, -0.1) is 23.6 Å². The number of ketones is 2. The summed E-state index contributed by atoms with van der Waals surface area (Å²) in [5.41, 5.74) is 1.49. The van der Waals surface area contributed by atoms with Crippen LogP contribution in [0.4, 0.5) is 0 Å². The highest BCUT2D eigenvalue weighted by Gasteiger charge is 2.49. The van der Waals surface area contributed by atoms with Gasteiger partial charge in [-0.05, 0) is 62.8 Å². The lowest BCUT2D eigenvalue weighted by Crippen LogP contribution is -2.36. The van der Waals surface area contributed by atoms with Gasteiger partial charge in [-0.25, -0.2) is 0 Å². The highest BCUT2D eigenvalue weighted by atomic mass is 32.2. The number of aliphatic carboxylic acids is 1. The van der Waals surface area contributed by atoms with E-state index in [1.807, 2.05) is 58.0 Å². The van der Waals surface area contributed by atoms with E-state index in [0.717, 1.165) is 67.6 Å². The number of hydrogen-bond acceptors (Lipinski definition) is 10. The van der Waals surface area contributed by atoms with E-state index in [0.29, 0.717) is 44.9 Å². The van der Waals surface area contributed by atoms with Gasteiger partial charge >= 0.3 is 11.9 Å². The summed E-state index contributed by atoms with van der Waals surface area (Å²) in [7, 11) is 0. The smallest absolute Gasteiger partial charge is 0.310 e. The number of amides is 2. The first-order chi connectivity index (χ1) is 29.6. The van der Waals surface area contributed by atoms with Gasteiger partial charge in [-0.2, -0.15) is 0 Å². The molecule has 2 saturated carbocycles. The van der Waals surface area contributed by atoms with Gasteiger partial charge in [0.15, 0.2) is 0 Å². The molecule has 4 aliphatic rings. The monoisotopic (exact) mass is 875 g/mol. The number of likely N-dealkylation sites (tertiary alicyclic amines) is 1. The lowest BCUT2D eigenvalue weighted by molar-refractivity contribution is -0.159. The average molecular weight is 876 g/mol. The first kappa shape index (κ1) is 49.1. The van der Waals surface area contributed by atoms with Crippen LogP contribution in [0.15, 0.2) is 30.4 Å². The molecule has 5 rings (SSSR count). The van der Waals surface area contributed by atoms with Crippen LogP contribution in [0.1, 0.15) is 154 Å². The zero-order valence-corrected chi connectivity index (χ0v) is 38.4. The summed E-state index contributed by atoms with van der Waals surface area (Å²) in [6.45, 7) is 9.45. The predicted octanol–water partition coefficient (Wildman–Crippen LogP) is 8.42. The molecule has 1 saturated heterocycles. The third kappa shape index (κ3) is 13.1. The fourth-order valence-corrected chi connectivity index (χ4v) is 10.7. The Bertz CT molecular complexity index is 1860. The van der Waals surface area contributed by atoms with E-state index in [2.05, 4.69) is 11.8 Å². The molecule has 12 heteroatoms. The number of fused-ring (bicyclic) bond motifs is 3. The summed E-state index contributed by atoms with van der Waals surface area (Å²) in [5, 5.41) is 20.0. The van der Waals surface area contributed by atoms with Crippen LogP contribution in [0.2, 0.25) is 0 Å². The molecule has 1 aromatic carbocycles. The molecule has 62 heavy (non-hydrogen) atoms. The molecule has 2 heterocycles. The van der Waals surface area contributed by atoms with E-state index < -0.39 is 29.5 Å². The predicted molar refractivity (Wildman–Crippen MR) is 239 cm³/mol. The topological polar surface area (TPSA) is 165 Å². The molecule has 1 aromatic rings. The number of esters is 1. The first-order valence-corrected chi connectivity index (χ1v) is 24.1. The molecule has 0 aromatic heterocycles. The number of ether oxygens (including phenoxy) is 2. The van der Waals surface area contributed by atoms with E-state index in [-0.39, 0.29) is 90.2 Å². The average Bonchev–Trinajstić information content (AvgIpc) is 3.84. The third-order valence-electron chi connectivity index (χ3n) is 13.2. The number of aliphatic hydroxyl groups excluding tert-OH is 1. The van der Waals surface area contributed by atoms with E-state index in [4.69, 9.17) is 14.6 Å². The minimum Gasteiger partial charge on any atom is -0.489 e. The molecule has 9 atom stereocenters. The molecule has 2 aliphatic heterocycles. The second-order valence-corrected chi connectivity index (χ2v) is 20.2. The van der Waals surface area contributed by atoms with Crippen LogP contribution in [-0.2, 0) is 39.9 Å². The van der Waals surface area contributed by atoms with Gasteiger partial charge in [0.05, 0.1) is 17.3 Å². The van der Waals surface area contributed by atoms with Crippen LogP contribution in [0.5, 0.6) is 5.75 Å². The number of carbonyl (C=O) groups is 6. The number of carboxylic acid groups (broad SMARTS) is 1. The molecule has 3 fully saturated rings. The van der Waals surface area contributed by atoms with Crippen LogP contribution in [0.25, 0.3) is 0 Å². The number of hydrogen-bond donors (Lipinski definition) is 2. The molecular formula is C50H69NO10S. The fraction of sp³-hybridized carbons (Fsp3) is 0.680. The number of Topliss-reactive ketones (excluding diaryl/α,β-unsaturated/α-hetero) is 2. The number of para-hydroxylation sites is 1. The maximum Gasteiger partial charge on any atom is 0.310 e. The van der Waals surface area contributed by atoms with Gasteiger partial charge in [0.25, 0.3) is 0 Å². The maximum atomic E-state index is 14.0. The molecule has 340 valence electrons. The Morgan fingerprint density at radius 2 is 1.73 bits per heavy atom. The second kappa shape index (κ2) is 23.1. The van der Waals surface area contributed by atoms with Gasteiger partial charge in [-0.1, -0.05) is 84.1 Å². The molecule has 3 unspecified atom stereocenters. The van der Waals surface area contributed by atoms with Crippen molar-refractivity contribution in [2.24, 2.45) is 29.1 Å². The molecule has 2 aliphatic carbocycles. The van der Waals surface area contributed by atoms with Crippen LogP contribution < -0.4 is 4.74 Å². The number of benzene rings is 1. The number of aryl methyl sites for hydroxylation is 1. The van der Waals surface area contributed by atoms with Gasteiger partial charge in [0.1, 0.15) is 29.5 Å². The Morgan fingerprint density at radius 1 is 1.00 bits per heavy atom. The minimum absolute atomic E-state index is 0.0334. The van der Waals surface area contributed by atoms with Gasteiger partial charge in [0.2, 0.25) is 11.8 Å². The zero-order valence-electron chi connectivity index (χ0n) is 37.5. The Labute approximate surface area is 372 Å². The number of aliphatic hydroxyl groups is 1. The fourth-order valence-electron chi connectivity index (χ4n) is 9.53. The van der Waals surface area contributed by atoms with Crippen molar-refractivity contribution in [2.45, 2.75) is 173 Å². The van der Waals surface area contributed by atoms with Crippen molar-refractivity contribution in [1.82, 2.24) is 4.90 Å². The number of rotatable bonds is 23. The van der Waals surface area contributed by atoms with Crippen LogP contribution in [-0.4, -0.2) is 86.3 Å². The molecule has 0 radical (unpaired) electrons.